The molecule has 0 heterocycles. The first-order chi connectivity index (χ1) is 30.1. The van der Waals surface area contributed by atoms with Gasteiger partial charge in [0.15, 0.2) is 6.10 Å². The number of carbonyl (C=O) groups excluding carboxylic acids is 2. The number of aliphatic hydroxyl groups excluding tert-OH is 1. The van der Waals surface area contributed by atoms with E-state index < -0.39 is 6.10 Å². The van der Waals surface area contributed by atoms with Crippen LogP contribution in [0.25, 0.3) is 0 Å². The van der Waals surface area contributed by atoms with Gasteiger partial charge in [-0.3, -0.25) is 9.59 Å². The number of carbonyl (C=O) groups is 2. The summed E-state index contributed by atoms with van der Waals surface area (Å²) in [6.45, 7) is 4.03. The summed E-state index contributed by atoms with van der Waals surface area (Å²) in [5, 5.41) is 9.63. The molecule has 0 fully saturated rings. The van der Waals surface area contributed by atoms with Gasteiger partial charge in [0, 0.05) is 12.8 Å². The Kier molecular flexibility index (Phi) is 49.0. The van der Waals surface area contributed by atoms with Crippen LogP contribution in [0.2, 0.25) is 0 Å². The summed E-state index contributed by atoms with van der Waals surface area (Å²) in [6, 6.07) is 0. The molecule has 0 rings (SSSR count). The number of hydrogen-bond acceptors (Lipinski definition) is 5. The first-order valence-electron chi connectivity index (χ1n) is 25.6. The van der Waals surface area contributed by atoms with E-state index in [2.05, 4.69) is 98.9 Å². The van der Waals surface area contributed by atoms with E-state index in [9.17, 15) is 14.7 Å². The van der Waals surface area contributed by atoms with Gasteiger partial charge in [-0.25, -0.2) is 0 Å². The van der Waals surface area contributed by atoms with Crippen LogP contribution in [-0.2, 0) is 19.1 Å². The van der Waals surface area contributed by atoms with Crippen LogP contribution in [0.3, 0.4) is 0 Å². The summed E-state index contributed by atoms with van der Waals surface area (Å²) < 4.78 is 10.7. The van der Waals surface area contributed by atoms with E-state index in [-0.39, 0.29) is 25.2 Å². The van der Waals surface area contributed by atoms with E-state index >= 15 is 0 Å². The lowest BCUT2D eigenvalue weighted by Crippen LogP contribution is -2.28. The summed E-state index contributed by atoms with van der Waals surface area (Å²) in [5.74, 6) is -0.609. The van der Waals surface area contributed by atoms with Crippen LogP contribution in [0, 0.1) is 0 Å². The summed E-state index contributed by atoms with van der Waals surface area (Å²) in [6.07, 6.45) is 71.0. The Morgan fingerprint density at radius 3 is 1.07 bits per heavy atom. The van der Waals surface area contributed by atoms with Gasteiger partial charge in [0.1, 0.15) is 6.61 Å². The quantitative estimate of drug-likeness (QED) is 0.0375. The van der Waals surface area contributed by atoms with E-state index in [4.69, 9.17) is 9.47 Å². The van der Waals surface area contributed by atoms with Crippen LogP contribution in [0.1, 0.15) is 239 Å². The summed E-state index contributed by atoms with van der Waals surface area (Å²) >= 11 is 0. The number of ether oxygens (including phenoxy) is 2. The monoisotopic (exact) mass is 849 g/mol. The zero-order valence-electron chi connectivity index (χ0n) is 39.9. The molecule has 0 aliphatic rings. The van der Waals surface area contributed by atoms with Gasteiger partial charge in [0.05, 0.1) is 6.61 Å². The van der Waals surface area contributed by atoms with Crippen molar-refractivity contribution in [2.45, 2.75) is 245 Å². The molecule has 0 aliphatic heterocycles. The van der Waals surface area contributed by atoms with Gasteiger partial charge >= 0.3 is 11.9 Å². The van der Waals surface area contributed by atoms with Gasteiger partial charge in [-0.05, 0) is 70.6 Å². The highest BCUT2D eigenvalue weighted by Gasteiger charge is 2.16. The minimum absolute atomic E-state index is 0.0755. The molecular weight excluding hydrogens is 753 g/mol. The predicted molar refractivity (Wildman–Crippen MR) is 265 cm³/mol. The Morgan fingerprint density at radius 2 is 0.705 bits per heavy atom. The highest BCUT2D eigenvalue weighted by Crippen LogP contribution is 2.16. The van der Waals surface area contributed by atoms with Gasteiger partial charge in [-0.1, -0.05) is 240 Å². The number of hydrogen-bond donors (Lipinski definition) is 1. The van der Waals surface area contributed by atoms with Crippen molar-refractivity contribution in [2.75, 3.05) is 13.2 Å². The van der Waals surface area contributed by atoms with E-state index in [1.54, 1.807) is 0 Å². The first-order valence-corrected chi connectivity index (χ1v) is 25.6. The van der Waals surface area contributed by atoms with Crippen molar-refractivity contribution < 1.29 is 24.2 Å². The molecular formula is C56H96O5. The average Bonchev–Trinajstić information content (AvgIpc) is 3.26. The van der Waals surface area contributed by atoms with Crippen LogP contribution < -0.4 is 0 Å². The van der Waals surface area contributed by atoms with Crippen molar-refractivity contribution in [3.63, 3.8) is 0 Å². The van der Waals surface area contributed by atoms with Crippen molar-refractivity contribution in [3.8, 4) is 0 Å². The molecule has 0 amide bonds. The zero-order chi connectivity index (χ0) is 44.2. The van der Waals surface area contributed by atoms with Crippen LogP contribution in [-0.4, -0.2) is 36.4 Å². The fourth-order valence-electron chi connectivity index (χ4n) is 7.12. The van der Waals surface area contributed by atoms with Crippen LogP contribution >= 0.6 is 0 Å². The van der Waals surface area contributed by atoms with Crippen molar-refractivity contribution in [1.29, 1.82) is 0 Å². The van der Waals surface area contributed by atoms with Crippen molar-refractivity contribution in [2.24, 2.45) is 0 Å². The predicted octanol–water partition coefficient (Wildman–Crippen LogP) is 17.0. The zero-order valence-corrected chi connectivity index (χ0v) is 39.9. The van der Waals surface area contributed by atoms with Crippen LogP contribution in [0.5, 0.6) is 0 Å². The molecule has 5 nitrogen and oxygen atoms in total. The smallest absolute Gasteiger partial charge is 0.306 e. The molecule has 0 aromatic heterocycles. The SMILES string of the molecule is CC/C=C\C/C=C\C/C=C\C/C=C\C/C=C\C/C=C\C/C=C\CCCCCCCC(=O)OC(CO)COC(=O)CCCCCCCCCCCCCCCCCCCCCC. The molecule has 0 aromatic rings. The molecule has 0 radical (unpaired) electrons. The second kappa shape index (κ2) is 51.4. The summed E-state index contributed by atoms with van der Waals surface area (Å²) in [7, 11) is 0. The number of allylic oxidation sites excluding steroid dienone is 14. The Bertz CT molecular complexity index is 1140. The average molecular weight is 849 g/mol. The molecule has 61 heavy (non-hydrogen) atoms. The molecule has 0 saturated carbocycles. The van der Waals surface area contributed by atoms with Gasteiger partial charge in [0.25, 0.3) is 0 Å². The maximum atomic E-state index is 12.3. The maximum absolute atomic E-state index is 12.3. The Hall–Kier alpha value is -2.92. The van der Waals surface area contributed by atoms with Crippen molar-refractivity contribution >= 4 is 11.9 Å². The van der Waals surface area contributed by atoms with E-state index in [0.717, 1.165) is 103 Å². The third kappa shape index (κ3) is 49.6. The molecule has 0 spiro atoms. The lowest BCUT2D eigenvalue weighted by atomic mass is 10.0. The number of rotatable bonds is 46. The van der Waals surface area contributed by atoms with Crippen LogP contribution in [0.15, 0.2) is 85.1 Å². The highest BCUT2D eigenvalue weighted by atomic mass is 16.6. The standard InChI is InChI=1S/C56H96O5/c1-3-5-7-9-11-13-15-17-19-21-23-25-26-27-28-29-30-31-33-35-37-39-41-43-45-47-49-51-56(59)61-54(52-57)53-60-55(58)50-48-46-44-42-40-38-36-34-32-24-22-20-18-16-14-12-10-8-6-4-2/h5,7,11,13,17,19,23,25,27-28,30-31,35,37,54,57H,3-4,6,8-10,12,14-16,18,20-22,24,26,29,32-34,36,38-53H2,1-2H3/b7-5-,13-11-,19-17-,25-23-,28-27-,31-30-,37-35-. The number of unbranched alkanes of at least 4 members (excludes halogenated alkanes) is 24. The largest absolute Gasteiger partial charge is 0.462 e. The lowest BCUT2D eigenvalue weighted by Gasteiger charge is -2.15. The minimum Gasteiger partial charge on any atom is -0.462 e. The maximum Gasteiger partial charge on any atom is 0.306 e. The Labute approximate surface area is 377 Å². The molecule has 0 bridgehead atoms. The van der Waals surface area contributed by atoms with E-state index in [1.165, 1.54) is 109 Å². The fraction of sp³-hybridized carbons (Fsp3) is 0.714. The Morgan fingerprint density at radius 1 is 0.393 bits per heavy atom. The van der Waals surface area contributed by atoms with Crippen molar-refractivity contribution in [1.82, 2.24) is 0 Å². The second-order valence-corrected chi connectivity index (χ2v) is 16.9. The summed E-state index contributed by atoms with van der Waals surface area (Å²) in [4.78, 5) is 24.5. The molecule has 0 aliphatic carbocycles. The fourth-order valence-corrected chi connectivity index (χ4v) is 7.12. The van der Waals surface area contributed by atoms with Gasteiger partial charge in [-0.2, -0.15) is 0 Å². The van der Waals surface area contributed by atoms with Crippen LogP contribution in [0.4, 0.5) is 0 Å². The van der Waals surface area contributed by atoms with E-state index in [1.807, 2.05) is 0 Å². The molecule has 1 unspecified atom stereocenters. The molecule has 350 valence electrons. The molecule has 5 heteroatoms. The van der Waals surface area contributed by atoms with Crippen molar-refractivity contribution in [3.05, 3.63) is 85.1 Å². The normalized spacial score (nSPS) is 12.9. The number of aliphatic hydroxyl groups is 1. The molecule has 0 aromatic carbocycles. The third-order valence-corrected chi connectivity index (χ3v) is 11.0. The highest BCUT2D eigenvalue weighted by molar-refractivity contribution is 5.70. The molecule has 1 atom stereocenters. The topological polar surface area (TPSA) is 72.8 Å². The summed E-state index contributed by atoms with van der Waals surface area (Å²) in [5.41, 5.74) is 0. The first kappa shape index (κ1) is 58.1. The number of esters is 2. The van der Waals surface area contributed by atoms with Gasteiger partial charge in [0.2, 0.25) is 0 Å². The Balaban J connectivity index is 3.58. The van der Waals surface area contributed by atoms with Gasteiger partial charge in [-0.15, -0.1) is 0 Å². The third-order valence-electron chi connectivity index (χ3n) is 11.0. The lowest BCUT2D eigenvalue weighted by molar-refractivity contribution is -0.161. The van der Waals surface area contributed by atoms with E-state index in [0.29, 0.717) is 12.8 Å². The molecule has 1 N–H and O–H groups in total. The second-order valence-electron chi connectivity index (χ2n) is 16.9. The van der Waals surface area contributed by atoms with Gasteiger partial charge < -0.3 is 14.6 Å². The minimum atomic E-state index is -0.786. The molecule has 0 saturated heterocycles.